The van der Waals surface area contributed by atoms with E-state index < -0.39 is 0 Å². The van der Waals surface area contributed by atoms with Gasteiger partial charge >= 0.3 is 0 Å². The third kappa shape index (κ3) is 3.21. The van der Waals surface area contributed by atoms with E-state index in [1.165, 1.54) is 25.7 Å². The smallest absolute Gasteiger partial charge is 0.0593 e. The van der Waals surface area contributed by atoms with E-state index in [2.05, 4.69) is 34.7 Å². The Hall–Kier alpha value is 0.400. The molecule has 2 heterocycles. The van der Waals surface area contributed by atoms with Gasteiger partial charge in [0.05, 0.1) is 6.61 Å². The minimum atomic E-state index is 0.657. The van der Waals surface area contributed by atoms with Gasteiger partial charge in [0.25, 0.3) is 0 Å². The molecule has 0 aliphatic carbocycles. The molecular weight excluding hydrogens is 266 g/mol. The van der Waals surface area contributed by atoms with E-state index in [4.69, 9.17) is 4.74 Å². The fourth-order valence-electron chi connectivity index (χ4n) is 3.06. The highest BCUT2D eigenvalue weighted by atomic mass is 79.9. The molecule has 2 aliphatic rings. The van der Waals surface area contributed by atoms with Crippen LogP contribution in [-0.2, 0) is 4.74 Å². The van der Waals surface area contributed by atoms with Crippen molar-refractivity contribution in [2.75, 3.05) is 19.8 Å². The molecule has 0 N–H and O–H groups in total. The van der Waals surface area contributed by atoms with Crippen molar-refractivity contribution in [3.8, 4) is 0 Å². The van der Waals surface area contributed by atoms with Crippen molar-refractivity contribution in [2.45, 2.75) is 56.4 Å². The van der Waals surface area contributed by atoms with Crippen LogP contribution in [0.3, 0.4) is 0 Å². The van der Waals surface area contributed by atoms with Crippen molar-refractivity contribution in [3.63, 3.8) is 0 Å². The maximum atomic E-state index is 5.70. The van der Waals surface area contributed by atoms with Gasteiger partial charge < -0.3 is 4.74 Å². The van der Waals surface area contributed by atoms with E-state index in [1.54, 1.807) is 0 Å². The second-order valence-electron chi connectivity index (χ2n) is 5.66. The van der Waals surface area contributed by atoms with Gasteiger partial charge in [-0.3, -0.25) is 4.90 Å². The molecule has 2 atom stereocenters. The topological polar surface area (TPSA) is 12.5 Å². The summed E-state index contributed by atoms with van der Waals surface area (Å²) in [6.07, 6.45) is 5.47. The standard InChI is InChI=1S/C13H24BrNO/c1-10(2)9-16-6-5-15-12-3-4-13(15)8-11(14)7-12/h10-13H,3-9H2,1-2H3. The fourth-order valence-corrected chi connectivity index (χ4v) is 3.92. The van der Waals surface area contributed by atoms with Gasteiger partial charge in [-0.2, -0.15) is 0 Å². The zero-order valence-electron chi connectivity index (χ0n) is 10.5. The Morgan fingerprint density at radius 2 is 1.88 bits per heavy atom. The maximum absolute atomic E-state index is 5.70. The van der Waals surface area contributed by atoms with E-state index in [9.17, 15) is 0 Å². The molecule has 2 rings (SSSR count). The van der Waals surface area contributed by atoms with Gasteiger partial charge in [0.2, 0.25) is 0 Å². The zero-order valence-corrected chi connectivity index (χ0v) is 12.1. The molecule has 0 saturated carbocycles. The van der Waals surface area contributed by atoms with Gasteiger partial charge in [-0.1, -0.05) is 29.8 Å². The van der Waals surface area contributed by atoms with Gasteiger partial charge in [-0.15, -0.1) is 0 Å². The first kappa shape index (κ1) is 12.8. The third-order valence-corrected chi connectivity index (χ3v) is 4.52. The minimum Gasteiger partial charge on any atom is -0.380 e. The van der Waals surface area contributed by atoms with Crippen molar-refractivity contribution in [1.82, 2.24) is 4.90 Å². The van der Waals surface area contributed by atoms with Crippen LogP contribution in [-0.4, -0.2) is 41.6 Å². The third-order valence-electron chi connectivity index (χ3n) is 3.77. The predicted molar refractivity (Wildman–Crippen MR) is 71.1 cm³/mol. The molecule has 2 aliphatic heterocycles. The Morgan fingerprint density at radius 3 is 2.44 bits per heavy atom. The van der Waals surface area contributed by atoms with Crippen molar-refractivity contribution in [2.24, 2.45) is 5.92 Å². The predicted octanol–water partition coefficient (Wildman–Crippen LogP) is 3.05. The van der Waals surface area contributed by atoms with Crippen molar-refractivity contribution >= 4 is 15.9 Å². The van der Waals surface area contributed by atoms with Gasteiger partial charge in [0.1, 0.15) is 0 Å². The van der Waals surface area contributed by atoms with E-state index in [1.807, 2.05) is 0 Å². The highest BCUT2D eigenvalue weighted by Gasteiger charge is 2.39. The molecule has 0 radical (unpaired) electrons. The monoisotopic (exact) mass is 289 g/mol. The quantitative estimate of drug-likeness (QED) is 0.570. The number of halogens is 1. The first-order valence-corrected chi connectivity index (χ1v) is 7.56. The normalized spacial score (nSPS) is 34.9. The summed E-state index contributed by atoms with van der Waals surface area (Å²) in [6, 6.07) is 1.65. The van der Waals surface area contributed by atoms with Crippen LogP contribution in [0.2, 0.25) is 0 Å². The lowest BCUT2D eigenvalue weighted by molar-refractivity contribution is 0.0581. The van der Waals surface area contributed by atoms with Crippen molar-refractivity contribution < 1.29 is 4.74 Å². The number of ether oxygens (including phenoxy) is 1. The molecule has 0 aromatic carbocycles. The Balaban J connectivity index is 1.70. The summed E-state index contributed by atoms with van der Waals surface area (Å²) in [5, 5.41) is 0. The zero-order chi connectivity index (χ0) is 11.5. The summed E-state index contributed by atoms with van der Waals surface area (Å²) >= 11 is 3.78. The molecule has 0 aromatic heterocycles. The van der Waals surface area contributed by atoms with Crippen LogP contribution < -0.4 is 0 Å². The molecule has 16 heavy (non-hydrogen) atoms. The van der Waals surface area contributed by atoms with E-state index in [0.29, 0.717) is 5.92 Å². The summed E-state index contributed by atoms with van der Waals surface area (Å²) in [6.45, 7) is 7.38. The molecule has 0 amide bonds. The molecule has 3 heteroatoms. The molecule has 0 spiro atoms. The van der Waals surface area contributed by atoms with Crippen LogP contribution in [0.4, 0.5) is 0 Å². The first-order chi connectivity index (χ1) is 7.66. The van der Waals surface area contributed by atoms with E-state index in [0.717, 1.165) is 36.7 Å². The van der Waals surface area contributed by atoms with Gasteiger partial charge in [-0.05, 0) is 31.6 Å². The molecule has 2 unspecified atom stereocenters. The average Bonchev–Trinajstić information content (AvgIpc) is 2.45. The summed E-state index contributed by atoms with van der Waals surface area (Å²) in [5.74, 6) is 0.657. The van der Waals surface area contributed by atoms with Crippen LogP contribution >= 0.6 is 15.9 Å². The highest BCUT2D eigenvalue weighted by Crippen LogP contribution is 2.37. The Bertz CT molecular complexity index is 208. The summed E-state index contributed by atoms with van der Waals surface area (Å²) in [7, 11) is 0. The largest absolute Gasteiger partial charge is 0.380 e. The van der Waals surface area contributed by atoms with Gasteiger partial charge in [-0.25, -0.2) is 0 Å². The molecule has 2 fully saturated rings. The average molecular weight is 290 g/mol. The van der Waals surface area contributed by atoms with E-state index >= 15 is 0 Å². The second kappa shape index (κ2) is 5.83. The summed E-state index contributed by atoms with van der Waals surface area (Å²) in [5.41, 5.74) is 0. The number of hydrogen-bond acceptors (Lipinski definition) is 2. The second-order valence-corrected chi connectivity index (χ2v) is 6.96. The Morgan fingerprint density at radius 1 is 1.25 bits per heavy atom. The number of alkyl halides is 1. The van der Waals surface area contributed by atoms with Crippen LogP contribution in [0.25, 0.3) is 0 Å². The molecule has 2 bridgehead atoms. The SMILES string of the molecule is CC(C)COCCN1C2CCC1CC(Br)C2. The van der Waals surface area contributed by atoms with Gasteiger partial charge in [0.15, 0.2) is 0 Å². The maximum Gasteiger partial charge on any atom is 0.0593 e. The molecule has 2 nitrogen and oxygen atoms in total. The fraction of sp³-hybridized carbons (Fsp3) is 1.00. The van der Waals surface area contributed by atoms with Crippen molar-refractivity contribution in [1.29, 1.82) is 0 Å². The number of rotatable bonds is 5. The Labute approximate surface area is 108 Å². The lowest BCUT2D eigenvalue weighted by Crippen LogP contribution is -2.44. The number of fused-ring (bicyclic) bond motifs is 2. The molecular formula is C13H24BrNO. The van der Waals surface area contributed by atoms with E-state index in [-0.39, 0.29) is 0 Å². The highest BCUT2D eigenvalue weighted by molar-refractivity contribution is 9.09. The van der Waals surface area contributed by atoms with Crippen LogP contribution in [0.1, 0.15) is 39.5 Å². The lowest BCUT2D eigenvalue weighted by atomic mass is 10.0. The first-order valence-electron chi connectivity index (χ1n) is 6.64. The van der Waals surface area contributed by atoms with Gasteiger partial charge in [0, 0.05) is 30.1 Å². The Kier molecular flexibility index (Phi) is 4.68. The number of piperidine rings is 1. The van der Waals surface area contributed by atoms with Crippen LogP contribution in [0.15, 0.2) is 0 Å². The van der Waals surface area contributed by atoms with Crippen LogP contribution in [0.5, 0.6) is 0 Å². The summed E-state index contributed by atoms with van der Waals surface area (Å²) in [4.78, 5) is 3.45. The molecule has 0 aromatic rings. The van der Waals surface area contributed by atoms with Crippen LogP contribution in [0, 0.1) is 5.92 Å². The lowest BCUT2D eigenvalue weighted by Gasteiger charge is -2.37. The molecule has 94 valence electrons. The van der Waals surface area contributed by atoms with Crippen molar-refractivity contribution in [3.05, 3.63) is 0 Å². The summed E-state index contributed by atoms with van der Waals surface area (Å²) < 4.78 is 5.70. The molecule has 2 saturated heterocycles. The minimum absolute atomic E-state index is 0.657. The number of hydrogen-bond donors (Lipinski definition) is 0. The number of nitrogens with zero attached hydrogens (tertiary/aromatic N) is 1.